The molecule has 1 aromatic heterocycles. The Hall–Kier alpha value is -4.93. The van der Waals surface area contributed by atoms with E-state index >= 15 is 0 Å². The van der Waals surface area contributed by atoms with E-state index in [9.17, 15) is 18.0 Å². The number of esters is 1. The molecule has 5 aromatic rings. The van der Waals surface area contributed by atoms with Crippen molar-refractivity contribution in [2.75, 3.05) is 11.9 Å². The molecule has 0 saturated carbocycles. The van der Waals surface area contributed by atoms with Gasteiger partial charge in [-0.25, -0.2) is 28.3 Å². The summed E-state index contributed by atoms with van der Waals surface area (Å²) in [7, 11) is -3.84. The number of aromatic nitrogens is 2. The second kappa shape index (κ2) is 10.8. The standard InChI is InChI=1S/C29H22N4O5S/c30-39(36,37)23-14-12-22(13-15-23)31-26(34)18-38-29(35)21-11-16-24-25(17-21)33-28(20-9-5-2-6-10-20)27(32-24)19-7-3-1-4-8-19/h1-17H,18H2,(H,31,34)(H2,30,36,37). The third-order valence-corrected chi connectivity index (χ3v) is 6.72. The third-order valence-electron chi connectivity index (χ3n) is 5.80. The van der Waals surface area contributed by atoms with E-state index in [-0.39, 0.29) is 10.5 Å². The number of hydrogen-bond donors (Lipinski definition) is 2. The van der Waals surface area contributed by atoms with Crippen LogP contribution in [0.25, 0.3) is 33.5 Å². The van der Waals surface area contributed by atoms with Crippen LogP contribution in [0.1, 0.15) is 10.4 Å². The topological polar surface area (TPSA) is 141 Å². The summed E-state index contributed by atoms with van der Waals surface area (Å²) >= 11 is 0. The Bertz CT molecular complexity index is 1780. The molecule has 0 aliphatic rings. The van der Waals surface area contributed by atoms with Gasteiger partial charge in [0, 0.05) is 16.8 Å². The molecule has 194 valence electrons. The van der Waals surface area contributed by atoms with Crippen molar-refractivity contribution in [2.24, 2.45) is 5.14 Å². The Morgan fingerprint density at radius 2 is 1.31 bits per heavy atom. The van der Waals surface area contributed by atoms with E-state index in [2.05, 4.69) is 5.32 Å². The first-order valence-corrected chi connectivity index (χ1v) is 13.3. The summed E-state index contributed by atoms with van der Waals surface area (Å²) in [6, 6.07) is 29.5. The van der Waals surface area contributed by atoms with E-state index in [1.54, 1.807) is 18.2 Å². The number of carbonyl (C=O) groups is 2. The molecule has 0 aliphatic carbocycles. The van der Waals surface area contributed by atoms with E-state index < -0.39 is 28.5 Å². The fourth-order valence-electron chi connectivity index (χ4n) is 3.92. The summed E-state index contributed by atoms with van der Waals surface area (Å²) < 4.78 is 27.9. The Balaban J connectivity index is 1.35. The lowest BCUT2D eigenvalue weighted by molar-refractivity contribution is -0.119. The van der Waals surface area contributed by atoms with Gasteiger partial charge in [-0.2, -0.15) is 0 Å². The van der Waals surface area contributed by atoms with Crippen LogP contribution in [-0.4, -0.2) is 36.9 Å². The number of hydrogen-bond acceptors (Lipinski definition) is 7. The maximum absolute atomic E-state index is 12.7. The number of rotatable bonds is 7. The van der Waals surface area contributed by atoms with Gasteiger partial charge in [0.2, 0.25) is 10.0 Å². The minimum atomic E-state index is -3.84. The molecule has 0 spiro atoms. The highest BCUT2D eigenvalue weighted by Gasteiger charge is 2.16. The van der Waals surface area contributed by atoms with E-state index in [1.165, 1.54) is 24.3 Å². The first-order chi connectivity index (χ1) is 18.8. The smallest absolute Gasteiger partial charge is 0.338 e. The fraction of sp³-hybridized carbons (Fsp3) is 0.0345. The molecule has 0 unspecified atom stereocenters. The lowest BCUT2D eigenvalue weighted by atomic mass is 10.0. The molecule has 0 radical (unpaired) electrons. The molecule has 3 N–H and O–H groups in total. The molecular formula is C29H22N4O5S. The number of nitrogens with one attached hydrogen (secondary N) is 1. The van der Waals surface area contributed by atoms with E-state index in [4.69, 9.17) is 19.8 Å². The number of sulfonamides is 1. The number of amides is 1. The lowest BCUT2D eigenvalue weighted by Gasteiger charge is -2.11. The van der Waals surface area contributed by atoms with Crippen molar-refractivity contribution >= 4 is 38.6 Å². The van der Waals surface area contributed by atoms with Crippen molar-refractivity contribution in [3.63, 3.8) is 0 Å². The predicted octanol–water partition coefficient (Wildman–Crippen LogP) is 4.41. The van der Waals surface area contributed by atoms with Crippen molar-refractivity contribution in [1.29, 1.82) is 0 Å². The highest BCUT2D eigenvalue weighted by Crippen LogP contribution is 2.31. The van der Waals surface area contributed by atoms with Crippen molar-refractivity contribution in [3.05, 3.63) is 109 Å². The van der Waals surface area contributed by atoms with Gasteiger partial charge in [0.25, 0.3) is 5.91 Å². The molecule has 1 amide bonds. The molecule has 0 bridgehead atoms. The highest BCUT2D eigenvalue weighted by molar-refractivity contribution is 7.89. The van der Waals surface area contributed by atoms with Crippen molar-refractivity contribution in [1.82, 2.24) is 9.97 Å². The number of nitrogens with two attached hydrogens (primary N) is 1. The monoisotopic (exact) mass is 538 g/mol. The SMILES string of the molecule is NS(=O)(=O)c1ccc(NC(=O)COC(=O)c2ccc3nc(-c4ccccc4)c(-c4ccccc4)nc3c2)cc1. The number of anilines is 1. The summed E-state index contributed by atoms with van der Waals surface area (Å²) in [6.07, 6.45) is 0. The Kier molecular flexibility index (Phi) is 7.13. The Labute approximate surface area is 224 Å². The fourth-order valence-corrected chi connectivity index (χ4v) is 4.43. The van der Waals surface area contributed by atoms with Gasteiger partial charge in [0.1, 0.15) is 0 Å². The zero-order valence-corrected chi connectivity index (χ0v) is 21.3. The second-order valence-electron chi connectivity index (χ2n) is 8.55. The Morgan fingerprint density at radius 3 is 1.87 bits per heavy atom. The van der Waals surface area contributed by atoms with Crippen LogP contribution in [0.3, 0.4) is 0 Å². The van der Waals surface area contributed by atoms with Crippen LogP contribution in [0, 0.1) is 0 Å². The van der Waals surface area contributed by atoms with Crippen molar-refractivity contribution in [2.45, 2.75) is 4.90 Å². The molecule has 0 saturated heterocycles. The number of primary sulfonamides is 1. The van der Waals surface area contributed by atoms with Gasteiger partial charge < -0.3 is 10.1 Å². The Morgan fingerprint density at radius 1 is 0.744 bits per heavy atom. The number of fused-ring (bicyclic) bond motifs is 1. The summed E-state index contributed by atoms with van der Waals surface area (Å²) in [4.78, 5) is 34.6. The predicted molar refractivity (Wildman–Crippen MR) is 147 cm³/mol. The van der Waals surface area contributed by atoms with Gasteiger partial charge >= 0.3 is 5.97 Å². The minimum absolute atomic E-state index is 0.0855. The van der Waals surface area contributed by atoms with Gasteiger partial charge in [0.05, 0.1) is 32.9 Å². The number of carbonyl (C=O) groups excluding carboxylic acids is 2. The molecular weight excluding hydrogens is 516 g/mol. The van der Waals surface area contributed by atoms with Gasteiger partial charge in [-0.15, -0.1) is 0 Å². The van der Waals surface area contributed by atoms with Crippen molar-refractivity contribution < 1.29 is 22.7 Å². The summed E-state index contributed by atoms with van der Waals surface area (Å²) in [6.45, 7) is -0.540. The lowest BCUT2D eigenvalue weighted by Crippen LogP contribution is -2.21. The molecule has 5 rings (SSSR count). The first-order valence-electron chi connectivity index (χ1n) is 11.8. The zero-order chi connectivity index (χ0) is 27.4. The first kappa shape index (κ1) is 25.7. The van der Waals surface area contributed by atoms with Crippen LogP contribution in [0.15, 0.2) is 108 Å². The van der Waals surface area contributed by atoms with Crippen LogP contribution in [-0.2, 0) is 19.6 Å². The third kappa shape index (κ3) is 5.98. The van der Waals surface area contributed by atoms with Crippen LogP contribution in [0.4, 0.5) is 5.69 Å². The molecule has 10 heteroatoms. The second-order valence-corrected chi connectivity index (χ2v) is 10.1. The normalized spacial score (nSPS) is 11.2. The average Bonchev–Trinajstić information content (AvgIpc) is 2.95. The van der Waals surface area contributed by atoms with Crippen LogP contribution in [0.5, 0.6) is 0 Å². The number of nitrogens with zero attached hydrogens (tertiary/aromatic N) is 2. The maximum atomic E-state index is 12.7. The molecule has 1 heterocycles. The average molecular weight is 539 g/mol. The molecule has 9 nitrogen and oxygen atoms in total. The summed E-state index contributed by atoms with van der Waals surface area (Å²) in [5.41, 5.74) is 4.84. The molecule has 0 aliphatic heterocycles. The van der Waals surface area contributed by atoms with E-state index in [1.807, 2.05) is 60.7 Å². The van der Waals surface area contributed by atoms with Crippen LogP contribution >= 0.6 is 0 Å². The molecule has 0 fully saturated rings. The number of benzene rings is 4. The van der Waals surface area contributed by atoms with E-state index in [0.29, 0.717) is 22.4 Å². The van der Waals surface area contributed by atoms with Crippen LogP contribution < -0.4 is 10.5 Å². The van der Waals surface area contributed by atoms with Gasteiger partial charge in [0.15, 0.2) is 6.61 Å². The maximum Gasteiger partial charge on any atom is 0.338 e. The zero-order valence-electron chi connectivity index (χ0n) is 20.4. The van der Waals surface area contributed by atoms with Gasteiger partial charge in [-0.3, -0.25) is 4.79 Å². The minimum Gasteiger partial charge on any atom is -0.452 e. The largest absolute Gasteiger partial charge is 0.452 e. The van der Waals surface area contributed by atoms with Gasteiger partial charge in [-0.1, -0.05) is 60.7 Å². The number of ether oxygens (including phenoxy) is 1. The molecule has 0 atom stereocenters. The van der Waals surface area contributed by atoms with Gasteiger partial charge in [-0.05, 0) is 42.5 Å². The summed E-state index contributed by atoms with van der Waals surface area (Å²) in [5, 5.41) is 7.60. The van der Waals surface area contributed by atoms with Crippen LogP contribution in [0.2, 0.25) is 0 Å². The molecule has 39 heavy (non-hydrogen) atoms. The highest BCUT2D eigenvalue weighted by atomic mass is 32.2. The van der Waals surface area contributed by atoms with Crippen molar-refractivity contribution in [3.8, 4) is 22.5 Å². The molecule has 4 aromatic carbocycles. The summed E-state index contributed by atoms with van der Waals surface area (Å²) in [5.74, 6) is -1.29. The quantitative estimate of drug-likeness (QED) is 0.292. The van der Waals surface area contributed by atoms with E-state index in [0.717, 1.165) is 16.8 Å².